The van der Waals surface area contributed by atoms with E-state index in [1.807, 2.05) is 0 Å². The molecule has 0 aromatic heterocycles. The monoisotopic (exact) mass is 442 g/mol. The molecule has 182 valence electrons. The van der Waals surface area contributed by atoms with Crippen molar-refractivity contribution in [2.75, 3.05) is 0 Å². The normalized spacial score (nSPS) is 56.2. The molecule has 0 spiro atoms. The Morgan fingerprint density at radius 1 is 0.750 bits per heavy atom. The third-order valence-electron chi connectivity index (χ3n) is 13.1. The van der Waals surface area contributed by atoms with E-state index in [2.05, 4.69) is 61.5 Å². The van der Waals surface area contributed by atoms with E-state index in [9.17, 15) is 10.2 Å². The highest BCUT2D eigenvalue weighted by molar-refractivity contribution is 5.35. The smallest absolute Gasteiger partial charge is 0.0641 e. The number of hydrogen-bond acceptors (Lipinski definition) is 2. The van der Waals surface area contributed by atoms with Crippen molar-refractivity contribution in [1.82, 2.24) is 0 Å². The number of fused-ring (bicyclic) bond motifs is 7. The van der Waals surface area contributed by atoms with Crippen LogP contribution in [0.3, 0.4) is 0 Å². The molecule has 5 aliphatic rings. The van der Waals surface area contributed by atoms with E-state index in [1.165, 1.54) is 38.5 Å². The van der Waals surface area contributed by atoms with Crippen molar-refractivity contribution in [2.45, 2.75) is 125 Å². The molecule has 5 rings (SSSR count). The van der Waals surface area contributed by atoms with Gasteiger partial charge in [0.25, 0.3) is 0 Å². The minimum Gasteiger partial charge on any atom is -0.393 e. The summed E-state index contributed by atoms with van der Waals surface area (Å²) >= 11 is 0. The molecular formula is C30H50O2. The fourth-order valence-corrected chi connectivity index (χ4v) is 10.6. The summed E-state index contributed by atoms with van der Waals surface area (Å²) in [5.74, 6) is 1.77. The molecule has 5 aliphatic carbocycles. The van der Waals surface area contributed by atoms with Gasteiger partial charge in [-0.25, -0.2) is 0 Å². The Morgan fingerprint density at radius 2 is 1.44 bits per heavy atom. The molecule has 0 aromatic rings. The molecule has 0 radical (unpaired) electrons. The molecule has 2 nitrogen and oxygen atoms in total. The Bertz CT molecular complexity index is 825. The van der Waals surface area contributed by atoms with E-state index in [0.29, 0.717) is 23.2 Å². The second-order valence-electron chi connectivity index (χ2n) is 15.3. The van der Waals surface area contributed by atoms with Crippen molar-refractivity contribution >= 4 is 0 Å². The fraction of sp³-hybridized carbons (Fsp3) is 0.933. The lowest BCUT2D eigenvalue weighted by Gasteiger charge is -2.72. The molecule has 0 aromatic carbocycles. The molecule has 32 heavy (non-hydrogen) atoms. The zero-order valence-electron chi connectivity index (χ0n) is 22.2. The predicted molar refractivity (Wildman–Crippen MR) is 132 cm³/mol. The highest BCUT2D eigenvalue weighted by Crippen LogP contribution is 2.75. The molecule has 0 bridgehead atoms. The van der Waals surface area contributed by atoms with Crippen molar-refractivity contribution in [3.8, 4) is 0 Å². The van der Waals surface area contributed by atoms with E-state index in [-0.39, 0.29) is 39.3 Å². The third kappa shape index (κ3) is 2.72. The van der Waals surface area contributed by atoms with Crippen molar-refractivity contribution in [1.29, 1.82) is 0 Å². The molecule has 4 fully saturated rings. The first-order valence-electron chi connectivity index (χ1n) is 13.7. The first kappa shape index (κ1) is 23.4. The maximum absolute atomic E-state index is 11.9. The van der Waals surface area contributed by atoms with Gasteiger partial charge in [-0.3, -0.25) is 0 Å². The quantitative estimate of drug-likeness (QED) is 0.391. The van der Waals surface area contributed by atoms with Crippen LogP contribution in [0.25, 0.3) is 0 Å². The fourth-order valence-electron chi connectivity index (χ4n) is 10.6. The van der Waals surface area contributed by atoms with Crippen LogP contribution in [0.5, 0.6) is 0 Å². The molecule has 9 atom stereocenters. The van der Waals surface area contributed by atoms with Crippen LogP contribution >= 0.6 is 0 Å². The van der Waals surface area contributed by atoms with Gasteiger partial charge in [0.1, 0.15) is 0 Å². The van der Waals surface area contributed by atoms with Gasteiger partial charge >= 0.3 is 0 Å². The lowest BCUT2D eigenvalue weighted by molar-refractivity contribution is -0.223. The third-order valence-corrected chi connectivity index (χ3v) is 13.1. The maximum atomic E-state index is 11.9. The Labute approximate surface area is 197 Å². The van der Waals surface area contributed by atoms with Crippen LogP contribution in [-0.2, 0) is 0 Å². The molecule has 2 N–H and O–H groups in total. The second-order valence-corrected chi connectivity index (χ2v) is 15.3. The highest BCUT2D eigenvalue weighted by Gasteiger charge is 2.69. The minimum absolute atomic E-state index is 0.0175. The number of aliphatic hydroxyl groups is 2. The van der Waals surface area contributed by atoms with Gasteiger partial charge in [0.2, 0.25) is 0 Å². The summed E-state index contributed by atoms with van der Waals surface area (Å²) in [5, 5.41) is 22.8. The minimum atomic E-state index is -0.244. The van der Waals surface area contributed by atoms with Gasteiger partial charge in [0.05, 0.1) is 12.2 Å². The number of allylic oxidation sites excluding steroid dienone is 1. The summed E-state index contributed by atoms with van der Waals surface area (Å²) in [4.78, 5) is 0. The molecule has 4 saturated carbocycles. The van der Waals surface area contributed by atoms with Crippen LogP contribution in [0.15, 0.2) is 11.6 Å². The zero-order chi connectivity index (χ0) is 23.5. The topological polar surface area (TPSA) is 40.5 Å². The van der Waals surface area contributed by atoms with Crippen molar-refractivity contribution in [3.63, 3.8) is 0 Å². The van der Waals surface area contributed by atoms with Crippen LogP contribution in [0, 0.1) is 50.2 Å². The lowest BCUT2D eigenvalue weighted by Crippen LogP contribution is -2.67. The molecule has 0 heterocycles. The van der Waals surface area contributed by atoms with Gasteiger partial charge < -0.3 is 10.2 Å². The van der Waals surface area contributed by atoms with Crippen molar-refractivity contribution in [3.05, 3.63) is 11.6 Å². The van der Waals surface area contributed by atoms with Gasteiger partial charge in [0, 0.05) is 5.41 Å². The molecular weight excluding hydrogens is 392 g/mol. The first-order chi connectivity index (χ1) is 14.6. The summed E-state index contributed by atoms with van der Waals surface area (Å²) in [6.45, 7) is 19.6. The molecule has 0 aliphatic heterocycles. The Morgan fingerprint density at radius 3 is 2.12 bits per heavy atom. The Hall–Kier alpha value is -0.340. The van der Waals surface area contributed by atoms with Gasteiger partial charge in [-0.15, -0.1) is 0 Å². The highest BCUT2D eigenvalue weighted by atomic mass is 16.3. The summed E-state index contributed by atoms with van der Waals surface area (Å²) in [7, 11) is 0. The number of hydrogen-bond donors (Lipinski definition) is 2. The van der Waals surface area contributed by atoms with Crippen LogP contribution in [0.2, 0.25) is 0 Å². The molecule has 0 amide bonds. The Kier molecular flexibility index (Phi) is 4.87. The van der Waals surface area contributed by atoms with Crippen molar-refractivity contribution < 1.29 is 10.2 Å². The van der Waals surface area contributed by atoms with E-state index in [0.717, 1.165) is 19.3 Å². The maximum Gasteiger partial charge on any atom is 0.0641 e. The number of rotatable bonds is 0. The average Bonchev–Trinajstić information content (AvgIpc) is 2.68. The zero-order valence-corrected chi connectivity index (χ0v) is 22.2. The van der Waals surface area contributed by atoms with Crippen LogP contribution < -0.4 is 0 Å². The summed E-state index contributed by atoms with van der Waals surface area (Å²) in [6.07, 6.45) is 12.6. The average molecular weight is 443 g/mol. The van der Waals surface area contributed by atoms with Crippen LogP contribution in [0.4, 0.5) is 0 Å². The molecule has 0 saturated heterocycles. The molecule has 0 unspecified atom stereocenters. The SMILES string of the molecule is CC1(C)CC[C@]2(C)C[C@H](O)[C@]3(C)C(=CC[C@@H]4[C@@]5(C)CC[C@H](O)C(C)(C)[C@H]5CC[C@]43C)[C@@H]2C1. The van der Waals surface area contributed by atoms with Gasteiger partial charge in [0.15, 0.2) is 0 Å². The van der Waals surface area contributed by atoms with E-state index >= 15 is 0 Å². The Balaban J connectivity index is 1.61. The summed E-state index contributed by atoms with van der Waals surface area (Å²) in [5.41, 5.74) is 2.51. The lowest BCUT2D eigenvalue weighted by atomic mass is 9.33. The largest absolute Gasteiger partial charge is 0.393 e. The van der Waals surface area contributed by atoms with E-state index in [1.54, 1.807) is 5.57 Å². The first-order valence-corrected chi connectivity index (χ1v) is 13.7. The second kappa shape index (κ2) is 6.66. The van der Waals surface area contributed by atoms with Crippen LogP contribution in [-0.4, -0.2) is 22.4 Å². The van der Waals surface area contributed by atoms with Gasteiger partial charge in [-0.05, 0) is 103 Å². The summed E-state index contributed by atoms with van der Waals surface area (Å²) < 4.78 is 0. The molecule has 2 heteroatoms. The van der Waals surface area contributed by atoms with Gasteiger partial charge in [-0.1, -0.05) is 67.0 Å². The van der Waals surface area contributed by atoms with E-state index in [4.69, 9.17) is 0 Å². The summed E-state index contributed by atoms with van der Waals surface area (Å²) in [6, 6.07) is 0. The van der Waals surface area contributed by atoms with E-state index < -0.39 is 0 Å². The van der Waals surface area contributed by atoms with Gasteiger partial charge in [-0.2, -0.15) is 0 Å². The predicted octanol–water partition coefficient (Wildman–Crippen LogP) is 7.14. The van der Waals surface area contributed by atoms with Crippen molar-refractivity contribution in [2.24, 2.45) is 50.2 Å². The standard InChI is InChI=1S/C30H50O2/c1-25(2)15-16-27(5)18-24(32)30(8)19(20(27)17-25)9-10-22-28(6)13-12-23(31)26(3,4)21(28)11-14-29(22,30)7/h9,20-24,31-32H,10-18H2,1-8H3/t20-,21+,22+,23-,24-,27+,28-,29+,30-/m0/s1. The van der Waals surface area contributed by atoms with Crippen LogP contribution in [0.1, 0.15) is 113 Å². The number of aliphatic hydroxyl groups excluding tert-OH is 2.